The van der Waals surface area contributed by atoms with Crippen molar-refractivity contribution in [3.63, 3.8) is 0 Å². The van der Waals surface area contributed by atoms with Crippen molar-refractivity contribution < 1.29 is 28.8 Å². The molecular weight excluding hydrogens is 399 g/mol. The fourth-order valence-electron chi connectivity index (χ4n) is 2.28. The summed E-state index contributed by atoms with van der Waals surface area (Å²) in [7, 11) is 1.39. The summed E-state index contributed by atoms with van der Waals surface area (Å²) < 4.78 is 23.0. The van der Waals surface area contributed by atoms with Crippen molar-refractivity contribution >= 4 is 11.4 Å². The highest BCUT2D eigenvalue weighted by atomic mass is 19.1. The average Bonchev–Trinajstić information content (AvgIpc) is 2.72. The first-order valence-electron chi connectivity index (χ1n) is 8.44. The highest BCUT2D eigenvalue weighted by Crippen LogP contribution is 2.31. The number of benzene rings is 3. The smallest absolute Gasteiger partial charge is 0.311 e. The van der Waals surface area contributed by atoms with E-state index in [1.54, 1.807) is 6.07 Å². The molecule has 0 aliphatic heterocycles. The molecule has 3 aromatic rings. The Labute approximate surface area is 170 Å². The van der Waals surface area contributed by atoms with Crippen LogP contribution in [0.2, 0.25) is 0 Å². The van der Waals surface area contributed by atoms with Gasteiger partial charge in [-0.15, -0.1) is 0 Å². The van der Waals surface area contributed by atoms with E-state index in [0.29, 0.717) is 18.4 Å². The molecule has 0 bridgehead atoms. The summed E-state index contributed by atoms with van der Waals surface area (Å²) in [6.45, 7) is 0.405. The predicted octanol–water partition coefficient (Wildman–Crippen LogP) is 4.62. The molecule has 0 fully saturated rings. The second-order valence-electron chi connectivity index (χ2n) is 5.76. The summed E-state index contributed by atoms with van der Waals surface area (Å²) in [6.07, 6.45) is 0. The third-order valence-corrected chi connectivity index (χ3v) is 3.72. The molecule has 0 amide bonds. The Morgan fingerprint density at radius 3 is 2.13 bits per heavy atom. The number of nitro benzene ring substituents is 2. The maximum absolute atomic E-state index is 12.5. The van der Waals surface area contributed by atoms with Gasteiger partial charge in [-0.1, -0.05) is 30.3 Å². The Hall–Kier alpha value is -4.21. The van der Waals surface area contributed by atoms with Crippen molar-refractivity contribution in [1.29, 1.82) is 0 Å². The van der Waals surface area contributed by atoms with E-state index in [1.165, 1.54) is 19.2 Å². The van der Waals surface area contributed by atoms with Crippen molar-refractivity contribution in [2.75, 3.05) is 7.11 Å². The average molecular weight is 416 g/mol. The van der Waals surface area contributed by atoms with Crippen molar-refractivity contribution in [3.8, 4) is 17.2 Å². The lowest BCUT2D eigenvalue weighted by Crippen LogP contribution is -1.97. The summed E-state index contributed by atoms with van der Waals surface area (Å²) in [6, 6.07) is 16.8. The lowest BCUT2D eigenvalue weighted by atomic mass is 10.2. The molecule has 0 radical (unpaired) electrons. The van der Waals surface area contributed by atoms with E-state index in [0.717, 1.165) is 17.7 Å². The molecule has 10 heteroatoms. The van der Waals surface area contributed by atoms with E-state index >= 15 is 0 Å². The number of aromatic hydroxyl groups is 1. The molecule has 0 unspecified atom stereocenters. The molecule has 30 heavy (non-hydrogen) atoms. The van der Waals surface area contributed by atoms with Crippen LogP contribution in [0.5, 0.6) is 17.2 Å². The Morgan fingerprint density at radius 2 is 1.57 bits per heavy atom. The molecule has 0 saturated heterocycles. The predicted molar refractivity (Wildman–Crippen MR) is 105 cm³/mol. The Bertz CT molecular complexity index is 1030. The van der Waals surface area contributed by atoms with Gasteiger partial charge in [0.15, 0.2) is 0 Å². The fraction of sp³-hybridized carbons (Fsp3) is 0.100. The zero-order valence-corrected chi connectivity index (χ0v) is 15.7. The number of hydrogen-bond donors (Lipinski definition) is 1. The first kappa shape index (κ1) is 22.1. The maximum Gasteiger partial charge on any atom is 0.311 e. The normalized spacial score (nSPS) is 9.80. The van der Waals surface area contributed by atoms with Crippen LogP contribution in [0.3, 0.4) is 0 Å². The SMILES string of the molecule is COc1cc(OCc2ccccc2)ccc1[N+](=O)[O-].O=[N+]([O-])c1ccc(O)cc1F. The number of phenolic OH excluding ortho intramolecular Hbond substituents is 1. The van der Waals surface area contributed by atoms with Gasteiger partial charge in [-0.3, -0.25) is 20.2 Å². The minimum absolute atomic E-state index is 0.0745. The van der Waals surface area contributed by atoms with Gasteiger partial charge in [0.2, 0.25) is 11.6 Å². The van der Waals surface area contributed by atoms with Gasteiger partial charge in [0.05, 0.1) is 17.0 Å². The second-order valence-corrected chi connectivity index (χ2v) is 5.76. The lowest BCUT2D eigenvalue weighted by Gasteiger charge is -2.08. The van der Waals surface area contributed by atoms with Crippen molar-refractivity contribution in [1.82, 2.24) is 0 Å². The van der Waals surface area contributed by atoms with E-state index < -0.39 is 21.4 Å². The lowest BCUT2D eigenvalue weighted by molar-refractivity contribution is -0.387. The molecule has 0 aromatic heterocycles. The minimum Gasteiger partial charge on any atom is -0.508 e. The number of ether oxygens (including phenoxy) is 2. The van der Waals surface area contributed by atoms with E-state index in [2.05, 4.69) is 0 Å². The number of nitrogens with zero attached hydrogens (tertiary/aromatic N) is 2. The van der Waals surface area contributed by atoms with Crippen LogP contribution < -0.4 is 9.47 Å². The molecule has 3 rings (SSSR count). The highest BCUT2D eigenvalue weighted by molar-refractivity contribution is 5.50. The monoisotopic (exact) mass is 416 g/mol. The molecule has 0 aliphatic carbocycles. The van der Waals surface area contributed by atoms with Gasteiger partial charge >= 0.3 is 11.4 Å². The number of methoxy groups -OCH3 is 1. The van der Waals surface area contributed by atoms with Crippen LogP contribution in [0, 0.1) is 26.0 Å². The topological polar surface area (TPSA) is 125 Å². The van der Waals surface area contributed by atoms with Crippen LogP contribution >= 0.6 is 0 Å². The van der Waals surface area contributed by atoms with E-state index in [9.17, 15) is 24.6 Å². The molecule has 0 aliphatic rings. The molecule has 0 atom stereocenters. The fourth-order valence-corrected chi connectivity index (χ4v) is 2.28. The van der Waals surface area contributed by atoms with Crippen LogP contribution in [0.15, 0.2) is 66.7 Å². The van der Waals surface area contributed by atoms with Crippen molar-refractivity contribution in [2.45, 2.75) is 6.61 Å². The summed E-state index contributed by atoms with van der Waals surface area (Å²) >= 11 is 0. The van der Waals surface area contributed by atoms with Crippen LogP contribution in [-0.2, 0) is 6.61 Å². The Kier molecular flexibility index (Phi) is 7.63. The molecule has 9 nitrogen and oxygen atoms in total. The molecular formula is C20H17FN2O7. The van der Waals surface area contributed by atoms with Gasteiger partial charge in [0, 0.05) is 24.3 Å². The molecule has 3 aromatic carbocycles. The van der Waals surface area contributed by atoms with E-state index in [1.807, 2.05) is 30.3 Å². The van der Waals surface area contributed by atoms with Crippen LogP contribution in [0.25, 0.3) is 0 Å². The van der Waals surface area contributed by atoms with E-state index in [4.69, 9.17) is 14.6 Å². The molecule has 1 N–H and O–H groups in total. The highest BCUT2D eigenvalue weighted by Gasteiger charge is 2.15. The van der Waals surface area contributed by atoms with Gasteiger partial charge < -0.3 is 14.6 Å². The summed E-state index contributed by atoms with van der Waals surface area (Å²) in [5, 5.41) is 29.4. The number of phenols is 1. The van der Waals surface area contributed by atoms with E-state index in [-0.39, 0.29) is 17.2 Å². The minimum atomic E-state index is -1.03. The zero-order chi connectivity index (χ0) is 22.1. The Balaban J connectivity index is 0.000000248. The summed E-state index contributed by atoms with van der Waals surface area (Å²) in [5.41, 5.74) is 0.317. The van der Waals surface area contributed by atoms with Crippen molar-refractivity contribution in [2.24, 2.45) is 0 Å². The molecule has 0 saturated carbocycles. The molecule has 0 spiro atoms. The number of nitro groups is 2. The third-order valence-electron chi connectivity index (χ3n) is 3.72. The van der Waals surface area contributed by atoms with Gasteiger partial charge in [-0.25, -0.2) is 0 Å². The number of halogens is 1. The first-order valence-corrected chi connectivity index (χ1v) is 8.44. The van der Waals surface area contributed by atoms with Crippen LogP contribution in [0.1, 0.15) is 5.56 Å². The summed E-state index contributed by atoms with van der Waals surface area (Å²) in [5.74, 6) is -0.634. The van der Waals surface area contributed by atoms with Gasteiger partial charge in [0.1, 0.15) is 18.1 Å². The van der Waals surface area contributed by atoms with Crippen LogP contribution in [0.4, 0.5) is 15.8 Å². The van der Waals surface area contributed by atoms with Crippen LogP contribution in [-0.4, -0.2) is 22.1 Å². The molecule has 156 valence electrons. The van der Waals surface area contributed by atoms with Gasteiger partial charge in [-0.2, -0.15) is 4.39 Å². The number of hydrogen-bond acceptors (Lipinski definition) is 7. The summed E-state index contributed by atoms with van der Waals surface area (Å²) in [4.78, 5) is 19.4. The number of rotatable bonds is 6. The standard InChI is InChI=1S/C14H13NO4.C6H4FNO3/c1-18-14-9-12(7-8-13(14)15(16)17)19-10-11-5-3-2-4-6-11;7-5-3-4(9)1-2-6(5)8(10)11/h2-9H,10H2,1H3;1-3,9H. The quantitative estimate of drug-likeness (QED) is 0.459. The maximum atomic E-state index is 12.5. The molecule has 0 heterocycles. The zero-order valence-electron chi connectivity index (χ0n) is 15.7. The van der Waals surface area contributed by atoms with Gasteiger partial charge in [0.25, 0.3) is 0 Å². The van der Waals surface area contributed by atoms with Crippen molar-refractivity contribution in [3.05, 3.63) is 98.3 Å². The third kappa shape index (κ3) is 6.16. The second kappa shape index (κ2) is 10.4. The first-order chi connectivity index (χ1) is 14.3. The Morgan fingerprint density at radius 1 is 0.933 bits per heavy atom. The largest absolute Gasteiger partial charge is 0.508 e. The van der Waals surface area contributed by atoms with Gasteiger partial charge in [-0.05, 0) is 17.7 Å².